The van der Waals surface area contributed by atoms with Gasteiger partial charge < -0.3 is 15.4 Å². The van der Waals surface area contributed by atoms with Gasteiger partial charge in [0.05, 0.1) is 16.9 Å². The number of aromatic nitrogens is 1. The molecule has 0 spiro atoms. The quantitative estimate of drug-likeness (QED) is 0.699. The Labute approximate surface area is 112 Å². The first-order valence-corrected chi connectivity index (χ1v) is 5.79. The van der Waals surface area contributed by atoms with E-state index in [1.807, 2.05) is 0 Å². The van der Waals surface area contributed by atoms with Crippen molar-refractivity contribution in [2.45, 2.75) is 0 Å². The molecule has 2 aromatic carbocycles. The van der Waals surface area contributed by atoms with Crippen molar-refractivity contribution in [1.29, 1.82) is 0 Å². The van der Waals surface area contributed by atoms with E-state index in [0.717, 1.165) is 0 Å². The number of fused-ring (bicyclic) bond motifs is 1. The van der Waals surface area contributed by atoms with Crippen molar-refractivity contribution < 1.29 is 14.0 Å². The smallest absolute Gasteiger partial charge is 0.135 e. The third-order valence-electron chi connectivity index (χ3n) is 3.06. The van der Waals surface area contributed by atoms with Crippen molar-refractivity contribution >= 4 is 16.6 Å². The molecule has 0 aliphatic heterocycles. The number of hydrogen-bond donors (Lipinski definition) is 2. The van der Waals surface area contributed by atoms with Gasteiger partial charge in [0.15, 0.2) is 0 Å². The van der Waals surface area contributed by atoms with Crippen LogP contribution in [-0.4, -0.2) is 10.2 Å². The second-order valence-electron chi connectivity index (χ2n) is 4.32. The molecule has 0 saturated carbocycles. The fourth-order valence-electron chi connectivity index (χ4n) is 2.13. The molecular weight excluding hydrogens is 266 g/mol. The molecule has 0 amide bonds. The zero-order valence-electron chi connectivity index (χ0n) is 10.1. The molecule has 0 atom stereocenters. The lowest BCUT2D eigenvalue weighted by atomic mass is 10.1. The summed E-state index contributed by atoms with van der Waals surface area (Å²) in [6, 6.07) is 9.51. The summed E-state index contributed by atoms with van der Waals surface area (Å²) < 4.78 is 27.4. The predicted octanol–water partition coefficient (Wildman–Crippen LogP) is 3.81. The minimum absolute atomic E-state index is 0.0389. The van der Waals surface area contributed by atoms with Gasteiger partial charge in [-0.15, -0.1) is 0 Å². The predicted molar refractivity (Wildman–Crippen MR) is 71.3 cm³/mol. The number of halogens is 2. The zero-order chi connectivity index (χ0) is 14.3. The van der Waals surface area contributed by atoms with Gasteiger partial charge in [-0.2, -0.15) is 0 Å². The maximum absolute atomic E-state index is 13.7. The maximum Gasteiger partial charge on any atom is 0.135 e. The molecule has 0 radical (unpaired) electrons. The van der Waals surface area contributed by atoms with Gasteiger partial charge in [0.1, 0.15) is 11.6 Å². The van der Waals surface area contributed by atoms with E-state index in [4.69, 9.17) is 5.21 Å². The second-order valence-corrected chi connectivity index (χ2v) is 4.32. The highest BCUT2D eigenvalue weighted by Gasteiger charge is 2.13. The van der Waals surface area contributed by atoms with Gasteiger partial charge in [0.25, 0.3) is 0 Å². The van der Waals surface area contributed by atoms with E-state index < -0.39 is 11.6 Å². The highest BCUT2D eigenvalue weighted by molar-refractivity contribution is 5.88. The van der Waals surface area contributed by atoms with Crippen LogP contribution in [0.15, 0.2) is 42.5 Å². The molecule has 1 aromatic heterocycles. The molecule has 6 heteroatoms. The van der Waals surface area contributed by atoms with Gasteiger partial charge in [-0.3, -0.25) is 5.21 Å². The number of H-pyrrole nitrogens is 1. The Morgan fingerprint density at radius 2 is 1.75 bits per heavy atom. The summed E-state index contributed by atoms with van der Waals surface area (Å²) in [7, 11) is 0. The fourth-order valence-corrected chi connectivity index (χ4v) is 2.13. The average molecular weight is 275 g/mol. The van der Waals surface area contributed by atoms with E-state index in [1.165, 1.54) is 36.4 Å². The summed E-state index contributed by atoms with van der Waals surface area (Å²) in [6.45, 7) is 0. The minimum atomic E-state index is -0.676. The van der Waals surface area contributed by atoms with Gasteiger partial charge in [-0.05, 0) is 36.4 Å². The average Bonchev–Trinajstić information content (AvgIpc) is 2.80. The summed E-state index contributed by atoms with van der Waals surface area (Å²) in [5.74, 6) is -1.35. The molecule has 3 aromatic rings. The molecule has 1 heterocycles. The summed E-state index contributed by atoms with van der Waals surface area (Å²) in [5, 5.41) is 20.0. The van der Waals surface area contributed by atoms with Crippen LogP contribution in [0.1, 0.15) is 0 Å². The van der Waals surface area contributed by atoms with Crippen LogP contribution in [-0.2, 0) is 0 Å². The van der Waals surface area contributed by atoms with Crippen molar-refractivity contribution in [1.82, 2.24) is 4.98 Å². The van der Waals surface area contributed by atoms with Crippen molar-refractivity contribution in [2.24, 2.45) is 0 Å². The summed E-state index contributed by atoms with van der Waals surface area (Å²) >= 11 is 0. The highest BCUT2D eigenvalue weighted by Crippen LogP contribution is 2.30. The van der Waals surface area contributed by atoms with Gasteiger partial charge in [0, 0.05) is 10.9 Å². The van der Waals surface area contributed by atoms with Crippen LogP contribution >= 0.6 is 0 Å². The van der Waals surface area contributed by atoms with Crippen LogP contribution < -0.4 is 5.23 Å². The lowest BCUT2D eigenvalue weighted by Crippen LogP contribution is -2.06. The van der Waals surface area contributed by atoms with E-state index in [0.29, 0.717) is 10.9 Å². The Bertz CT molecular complexity index is 764. The van der Waals surface area contributed by atoms with E-state index >= 15 is 0 Å². The Kier molecular flexibility index (Phi) is 2.89. The number of hydrogen-bond acceptors (Lipinski definition) is 3. The van der Waals surface area contributed by atoms with Crippen LogP contribution in [0.4, 0.5) is 14.5 Å². The van der Waals surface area contributed by atoms with Crippen molar-refractivity contribution in [3.63, 3.8) is 0 Å². The molecule has 0 fully saturated rings. The molecule has 102 valence electrons. The standard InChI is InChI=1S/C14H9F2N2O2/c15-10-2-1-3-11(16)14(10)13-7-8-6-9(18(19)20)4-5-12(8)17-13/h1-7,17,19H/q-1. The lowest BCUT2D eigenvalue weighted by molar-refractivity contribution is 0.296. The SMILES string of the molecule is [O-]N(O)c1ccc2[nH]c(-c3c(F)cccc3F)cc2c1. The van der Waals surface area contributed by atoms with Crippen LogP contribution in [0.5, 0.6) is 0 Å². The van der Waals surface area contributed by atoms with Gasteiger partial charge >= 0.3 is 0 Å². The Morgan fingerprint density at radius 3 is 2.40 bits per heavy atom. The van der Waals surface area contributed by atoms with E-state index in [2.05, 4.69) is 4.98 Å². The fraction of sp³-hybridized carbons (Fsp3) is 0. The Hall–Kier alpha value is -2.44. The first-order chi connectivity index (χ1) is 9.56. The monoisotopic (exact) mass is 275 g/mol. The molecule has 20 heavy (non-hydrogen) atoms. The molecule has 4 nitrogen and oxygen atoms in total. The van der Waals surface area contributed by atoms with Crippen LogP contribution in [0, 0.1) is 16.8 Å². The topological polar surface area (TPSA) is 62.3 Å². The normalized spacial score (nSPS) is 11.0. The molecular formula is C14H9F2N2O2-. The van der Waals surface area contributed by atoms with Gasteiger partial charge in [-0.1, -0.05) is 6.07 Å². The third kappa shape index (κ3) is 2.01. The number of rotatable bonds is 2. The summed E-state index contributed by atoms with van der Waals surface area (Å²) in [6.07, 6.45) is 0. The largest absolute Gasteiger partial charge is 0.733 e. The number of anilines is 1. The number of aromatic amines is 1. The minimum Gasteiger partial charge on any atom is -0.733 e. The lowest BCUT2D eigenvalue weighted by Gasteiger charge is -2.21. The molecule has 3 rings (SSSR count). The number of benzene rings is 2. The van der Waals surface area contributed by atoms with Crippen LogP contribution in [0.2, 0.25) is 0 Å². The molecule has 0 unspecified atom stereocenters. The number of nitrogens with zero attached hydrogens (tertiary/aromatic N) is 1. The van der Waals surface area contributed by atoms with Crippen molar-refractivity contribution in [3.05, 3.63) is 59.3 Å². The van der Waals surface area contributed by atoms with Crippen LogP contribution in [0.3, 0.4) is 0 Å². The van der Waals surface area contributed by atoms with E-state index in [1.54, 1.807) is 6.07 Å². The third-order valence-corrected chi connectivity index (χ3v) is 3.06. The second kappa shape index (κ2) is 4.59. The Morgan fingerprint density at radius 1 is 1.05 bits per heavy atom. The first kappa shape index (κ1) is 12.6. The number of nitrogens with one attached hydrogen (secondary N) is 1. The maximum atomic E-state index is 13.7. The summed E-state index contributed by atoms with van der Waals surface area (Å²) in [5.41, 5.74) is 0.752. The summed E-state index contributed by atoms with van der Waals surface area (Å²) in [4.78, 5) is 2.88. The van der Waals surface area contributed by atoms with Crippen molar-refractivity contribution in [3.8, 4) is 11.3 Å². The molecule has 2 N–H and O–H groups in total. The zero-order valence-corrected chi connectivity index (χ0v) is 10.1. The van der Waals surface area contributed by atoms with E-state index in [-0.39, 0.29) is 22.2 Å². The molecule has 0 bridgehead atoms. The van der Waals surface area contributed by atoms with Crippen molar-refractivity contribution in [2.75, 3.05) is 5.23 Å². The molecule has 0 saturated heterocycles. The van der Waals surface area contributed by atoms with Gasteiger partial charge in [0.2, 0.25) is 0 Å². The molecule has 0 aliphatic rings. The first-order valence-electron chi connectivity index (χ1n) is 5.79. The Balaban J connectivity index is 2.18. The van der Waals surface area contributed by atoms with Crippen LogP contribution in [0.25, 0.3) is 22.2 Å². The van der Waals surface area contributed by atoms with E-state index in [9.17, 15) is 14.0 Å². The highest BCUT2D eigenvalue weighted by atomic mass is 19.1. The van der Waals surface area contributed by atoms with Gasteiger partial charge in [-0.25, -0.2) is 8.78 Å². The molecule has 0 aliphatic carbocycles.